The summed E-state index contributed by atoms with van der Waals surface area (Å²) < 4.78 is 39.5. The van der Waals surface area contributed by atoms with E-state index in [0.29, 0.717) is 23.7 Å². The maximum absolute atomic E-state index is 13.8. The number of rotatable bonds is 9. The molecule has 0 bridgehead atoms. The molecule has 3 aromatic rings. The number of ether oxygens (including phenoxy) is 2. The Morgan fingerprint density at radius 2 is 1.67 bits per heavy atom. The summed E-state index contributed by atoms with van der Waals surface area (Å²) in [6.45, 7) is 5.51. The van der Waals surface area contributed by atoms with Gasteiger partial charge in [0.05, 0.1) is 25.1 Å². The summed E-state index contributed by atoms with van der Waals surface area (Å²) in [6.07, 6.45) is 0. The monoisotopic (exact) mass is 468 g/mol. The molecule has 0 aliphatic carbocycles. The van der Waals surface area contributed by atoms with E-state index in [4.69, 9.17) is 9.47 Å². The number of hydrogen-bond donors (Lipinski definition) is 1. The summed E-state index contributed by atoms with van der Waals surface area (Å²) in [4.78, 5) is 13.0. The number of carbonyl (C=O) groups excluding carboxylic acids is 1. The van der Waals surface area contributed by atoms with Gasteiger partial charge in [-0.05, 0) is 68.3 Å². The summed E-state index contributed by atoms with van der Waals surface area (Å²) in [5.41, 5.74) is 2.48. The van der Waals surface area contributed by atoms with Crippen molar-refractivity contribution in [2.24, 2.45) is 0 Å². The van der Waals surface area contributed by atoms with Crippen LogP contribution in [0, 0.1) is 13.8 Å². The van der Waals surface area contributed by atoms with E-state index in [0.717, 1.165) is 15.4 Å². The van der Waals surface area contributed by atoms with Crippen molar-refractivity contribution in [1.29, 1.82) is 0 Å². The number of nitrogens with one attached hydrogen (secondary N) is 1. The van der Waals surface area contributed by atoms with Crippen LogP contribution in [0.5, 0.6) is 11.5 Å². The van der Waals surface area contributed by atoms with Gasteiger partial charge in [0.25, 0.3) is 10.0 Å². The first-order chi connectivity index (χ1) is 15.8. The molecule has 0 fully saturated rings. The van der Waals surface area contributed by atoms with Gasteiger partial charge in [-0.2, -0.15) is 0 Å². The molecule has 0 saturated heterocycles. The molecule has 33 heavy (non-hydrogen) atoms. The number of nitrogens with zero attached hydrogens (tertiary/aromatic N) is 1. The van der Waals surface area contributed by atoms with Gasteiger partial charge >= 0.3 is 0 Å². The lowest BCUT2D eigenvalue weighted by atomic mass is 10.2. The molecular formula is C25H28N2O5S. The molecule has 3 rings (SSSR count). The molecule has 0 aliphatic heterocycles. The smallest absolute Gasteiger partial charge is 0.268 e. The fraction of sp³-hybridized carbons (Fsp3) is 0.240. The lowest BCUT2D eigenvalue weighted by molar-refractivity contribution is -0.114. The van der Waals surface area contributed by atoms with Crippen LogP contribution >= 0.6 is 0 Å². The van der Waals surface area contributed by atoms with E-state index in [2.05, 4.69) is 5.32 Å². The first kappa shape index (κ1) is 24.1. The van der Waals surface area contributed by atoms with Crippen LogP contribution in [0.3, 0.4) is 0 Å². The highest BCUT2D eigenvalue weighted by Gasteiger charge is 2.30. The van der Waals surface area contributed by atoms with Gasteiger partial charge in [0.1, 0.15) is 22.9 Å². The van der Waals surface area contributed by atoms with E-state index in [1.807, 2.05) is 19.9 Å². The zero-order valence-corrected chi connectivity index (χ0v) is 20.0. The minimum absolute atomic E-state index is 0.00553. The Morgan fingerprint density at radius 1 is 0.939 bits per heavy atom. The molecule has 3 aromatic carbocycles. The van der Waals surface area contributed by atoms with Crippen LogP contribution in [0.15, 0.2) is 71.6 Å². The van der Waals surface area contributed by atoms with Crippen molar-refractivity contribution in [3.05, 3.63) is 77.9 Å². The molecule has 1 N–H and O–H groups in total. The largest absolute Gasteiger partial charge is 0.495 e. The normalized spacial score (nSPS) is 11.0. The molecule has 0 spiro atoms. The van der Waals surface area contributed by atoms with Crippen LogP contribution in [-0.2, 0) is 14.8 Å². The quantitative estimate of drug-likeness (QED) is 0.498. The van der Waals surface area contributed by atoms with Gasteiger partial charge < -0.3 is 14.8 Å². The number of sulfonamides is 1. The number of aryl methyl sites for hydroxylation is 2. The van der Waals surface area contributed by atoms with Crippen LogP contribution in [-0.4, -0.2) is 34.6 Å². The molecule has 0 atom stereocenters. The molecule has 0 aliphatic rings. The minimum Gasteiger partial charge on any atom is -0.495 e. The highest BCUT2D eigenvalue weighted by molar-refractivity contribution is 7.93. The van der Waals surface area contributed by atoms with E-state index in [1.54, 1.807) is 67.6 Å². The standard InChI is InChI=1S/C25H28N2O5S/c1-5-32-22-12-7-6-11-21(22)26-25(28)17-27(20-10-8-9-18(2)15-20)33(29,30)24-16-19(3)13-14-23(24)31-4/h6-16H,5,17H2,1-4H3,(H,26,28). The summed E-state index contributed by atoms with van der Waals surface area (Å²) in [7, 11) is -2.71. The Labute approximate surface area is 195 Å². The van der Waals surface area contributed by atoms with E-state index in [-0.39, 0.29) is 10.6 Å². The van der Waals surface area contributed by atoms with E-state index in [1.165, 1.54) is 7.11 Å². The number of anilines is 2. The summed E-state index contributed by atoms with van der Waals surface area (Å²) in [5.74, 6) is 0.220. The predicted molar refractivity (Wildman–Crippen MR) is 130 cm³/mol. The molecule has 1 amide bonds. The van der Waals surface area contributed by atoms with Gasteiger partial charge in [0, 0.05) is 0 Å². The number of amides is 1. The van der Waals surface area contributed by atoms with Crippen LogP contribution in [0.25, 0.3) is 0 Å². The lowest BCUT2D eigenvalue weighted by Crippen LogP contribution is -2.38. The maximum Gasteiger partial charge on any atom is 0.268 e. The zero-order valence-electron chi connectivity index (χ0n) is 19.2. The van der Waals surface area contributed by atoms with Crippen molar-refractivity contribution in [2.45, 2.75) is 25.7 Å². The predicted octanol–water partition coefficient (Wildman–Crippen LogP) is 4.54. The SMILES string of the molecule is CCOc1ccccc1NC(=O)CN(c1cccc(C)c1)S(=O)(=O)c1cc(C)ccc1OC. The maximum atomic E-state index is 13.8. The van der Waals surface area contributed by atoms with Gasteiger partial charge in [0.15, 0.2) is 0 Å². The second-order valence-electron chi connectivity index (χ2n) is 7.48. The molecule has 0 aromatic heterocycles. The van der Waals surface area contributed by atoms with Crippen molar-refractivity contribution in [3.63, 3.8) is 0 Å². The second-order valence-corrected chi connectivity index (χ2v) is 9.31. The van der Waals surface area contributed by atoms with Crippen LogP contribution in [0.2, 0.25) is 0 Å². The second kappa shape index (κ2) is 10.4. The summed E-state index contributed by atoms with van der Waals surface area (Å²) >= 11 is 0. The first-order valence-electron chi connectivity index (χ1n) is 10.5. The fourth-order valence-electron chi connectivity index (χ4n) is 3.37. The van der Waals surface area contributed by atoms with Gasteiger partial charge in [-0.15, -0.1) is 0 Å². The van der Waals surface area contributed by atoms with Gasteiger partial charge in [-0.25, -0.2) is 8.42 Å². The van der Waals surface area contributed by atoms with Crippen molar-refractivity contribution in [2.75, 3.05) is 29.9 Å². The van der Waals surface area contributed by atoms with Gasteiger partial charge in [0.2, 0.25) is 5.91 Å². The first-order valence-corrected chi connectivity index (χ1v) is 12.0. The topological polar surface area (TPSA) is 84.9 Å². The molecule has 0 heterocycles. The third-order valence-electron chi connectivity index (χ3n) is 4.93. The molecular weight excluding hydrogens is 440 g/mol. The summed E-state index contributed by atoms with van der Waals surface area (Å²) in [5, 5.41) is 2.77. The van der Waals surface area contributed by atoms with E-state index < -0.39 is 22.5 Å². The average Bonchev–Trinajstić information content (AvgIpc) is 2.79. The fourth-order valence-corrected chi connectivity index (χ4v) is 5.03. The Balaban J connectivity index is 2.01. The van der Waals surface area contributed by atoms with Crippen LogP contribution in [0.4, 0.5) is 11.4 Å². The van der Waals surface area contributed by atoms with Gasteiger partial charge in [-0.1, -0.05) is 30.3 Å². The van der Waals surface area contributed by atoms with E-state index in [9.17, 15) is 13.2 Å². The number of methoxy groups -OCH3 is 1. The zero-order chi connectivity index (χ0) is 24.0. The highest BCUT2D eigenvalue weighted by atomic mass is 32.2. The third kappa shape index (κ3) is 5.64. The number of benzene rings is 3. The van der Waals surface area contributed by atoms with Gasteiger partial charge in [-0.3, -0.25) is 9.10 Å². The molecule has 8 heteroatoms. The highest BCUT2D eigenvalue weighted by Crippen LogP contribution is 2.31. The van der Waals surface area contributed by atoms with Crippen molar-refractivity contribution in [3.8, 4) is 11.5 Å². The average molecular weight is 469 g/mol. The number of hydrogen-bond acceptors (Lipinski definition) is 5. The number of carbonyl (C=O) groups is 1. The summed E-state index contributed by atoms with van der Waals surface area (Å²) in [6, 6.07) is 18.9. The van der Waals surface area contributed by atoms with Crippen LogP contribution < -0.4 is 19.1 Å². The Morgan fingerprint density at radius 3 is 2.36 bits per heavy atom. The molecule has 174 valence electrons. The molecule has 0 unspecified atom stereocenters. The Bertz CT molecular complexity index is 1240. The molecule has 7 nitrogen and oxygen atoms in total. The third-order valence-corrected chi connectivity index (χ3v) is 6.72. The minimum atomic E-state index is -4.13. The Kier molecular flexibility index (Phi) is 7.60. The van der Waals surface area contributed by atoms with Crippen molar-refractivity contribution < 1.29 is 22.7 Å². The number of para-hydroxylation sites is 2. The molecule has 0 radical (unpaired) electrons. The molecule has 0 saturated carbocycles. The lowest BCUT2D eigenvalue weighted by Gasteiger charge is -2.25. The van der Waals surface area contributed by atoms with Crippen molar-refractivity contribution in [1.82, 2.24) is 0 Å². The van der Waals surface area contributed by atoms with Crippen LogP contribution in [0.1, 0.15) is 18.1 Å². The Hall–Kier alpha value is -3.52. The van der Waals surface area contributed by atoms with Crippen molar-refractivity contribution >= 4 is 27.3 Å². The van der Waals surface area contributed by atoms with E-state index >= 15 is 0 Å².